The van der Waals surface area contributed by atoms with Gasteiger partial charge in [0.25, 0.3) is 0 Å². The van der Waals surface area contributed by atoms with E-state index in [2.05, 4.69) is 6.07 Å². The summed E-state index contributed by atoms with van der Waals surface area (Å²) in [4.78, 5) is 1.07. The molecule has 2 nitrogen and oxygen atoms in total. The van der Waals surface area contributed by atoms with E-state index in [1.807, 2.05) is 35.7 Å². The van der Waals surface area contributed by atoms with E-state index in [1.54, 1.807) is 23.5 Å². The van der Waals surface area contributed by atoms with Gasteiger partial charge in [0.15, 0.2) is 0 Å². The summed E-state index contributed by atoms with van der Waals surface area (Å²) in [5, 5.41) is 20.0. The second-order valence-corrected chi connectivity index (χ2v) is 4.49. The standard InChI is InChI=1S/C14H11NOS/c15-9-12-5-3-11(4-6-12)8-13(10-16)14-2-1-7-17-14/h1-8,16H,10H2. The molecule has 0 fully saturated rings. The summed E-state index contributed by atoms with van der Waals surface area (Å²) in [5.74, 6) is 0. The lowest BCUT2D eigenvalue weighted by Crippen LogP contribution is -1.87. The van der Waals surface area contributed by atoms with Crippen molar-refractivity contribution in [2.45, 2.75) is 0 Å². The normalized spacial score (nSPS) is 11.2. The Morgan fingerprint density at radius 1 is 1.29 bits per heavy atom. The van der Waals surface area contributed by atoms with E-state index >= 15 is 0 Å². The molecule has 0 aliphatic rings. The molecule has 0 amide bonds. The number of thiophene rings is 1. The van der Waals surface area contributed by atoms with Gasteiger partial charge >= 0.3 is 0 Å². The zero-order valence-corrected chi connectivity index (χ0v) is 9.95. The average Bonchev–Trinajstić information content (AvgIpc) is 2.90. The molecular weight excluding hydrogens is 230 g/mol. The minimum absolute atomic E-state index is 0.0144. The van der Waals surface area contributed by atoms with Gasteiger partial charge in [-0.15, -0.1) is 11.3 Å². The van der Waals surface area contributed by atoms with Gasteiger partial charge in [-0.2, -0.15) is 5.26 Å². The Kier molecular flexibility index (Phi) is 3.71. The highest BCUT2D eigenvalue weighted by atomic mass is 32.1. The molecule has 0 aliphatic carbocycles. The Hall–Kier alpha value is -1.89. The highest BCUT2D eigenvalue weighted by Crippen LogP contribution is 2.22. The summed E-state index contributed by atoms with van der Waals surface area (Å²) in [6.07, 6.45) is 1.94. The molecule has 1 N–H and O–H groups in total. The van der Waals surface area contributed by atoms with Crippen molar-refractivity contribution in [1.82, 2.24) is 0 Å². The van der Waals surface area contributed by atoms with Crippen LogP contribution in [0.1, 0.15) is 16.0 Å². The number of benzene rings is 1. The molecule has 2 rings (SSSR count). The number of hydrogen-bond donors (Lipinski definition) is 1. The molecule has 0 spiro atoms. The zero-order chi connectivity index (χ0) is 12.1. The first-order valence-electron chi connectivity index (χ1n) is 5.19. The molecule has 84 valence electrons. The number of nitrogens with zero attached hydrogens (tertiary/aromatic N) is 1. The lowest BCUT2D eigenvalue weighted by Gasteiger charge is -2.01. The SMILES string of the molecule is N#Cc1ccc(C=C(CO)c2cccs2)cc1. The first-order valence-corrected chi connectivity index (χ1v) is 6.07. The maximum atomic E-state index is 9.35. The summed E-state index contributed by atoms with van der Waals surface area (Å²) < 4.78 is 0. The van der Waals surface area contributed by atoms with Gasteiger partial charge in [-0.25, -0.2) is 0 Å². The molecule has 0 atom stereocenters. The lowest BCUT2D eigenvalue weighted by atomic mass is 10.1. The van der Waals surface area contributed by atoms with Crippen LogP contribution in [0.3, 0.4) is 0 Å². The molecule has 17 heavy (non-hydrogen) atoms. The van der Waals surface area contributed by atoms with Crippen LogP contribution in [0, 0.1) is 11.3 Å². The predicted molar refractivity (Wildman–Crippen MR) is 70.4 cm³/mol. The average molecular weight is 241 g/mol. The second-order valence-electron chi connectivity index (χ2n) is 3.54. The molecule has 1 aromatic heterocycles. The van der Waals surface area contributed by atoms with Crippen molar-refractivity contribution in [1.29, 1.82) is 5.26 Å². The van der Waals surface area contributed by atoms with Gasteiger partial charge in [0.1, 0.15) is 0 Å². The fourth-order valence-corrected chi connectivity index (χ4v) is 2.25. The Morgan fingerprint density at radius 3 is 2.59 bits per heavy atom. The third-order valence-electron chi connectivity index (χ3n) is 2.39. The Bertz CT molecular complexity index is 547. The van der Waals surface area contributed by atoms with Crippen molar-refractivity contribution in [3.05, 3.63) is 57.8 Å². The van der Waals surface area contributed by atoms with Crippen LogP contribution in [-0.2, 0) is 0 Å². The van der Waals surface area contributed by atoms with Crippen LogP contribution >= 0.6 is 11.3 Å². The maximum Gasteiger partial charge on any atom is 0.0991 e. The molecule has 1 aromatic carbocycles. The highest BCUT2D eigenvalue weighted by molar-refractivity contribution is 7.11. The van der Waals surface area contributed by atoms with Crippen LogP contribution < -0.4 is 0 Å². The predicted octanol–water partition coefficient (Wildman–Crippen LogP) is 3.15. The van der Waals surface area contributed by atoms with E-state index in [1.165, 1.54) is 0 Å². The van der Waals surface area contributed by atoms with Crippen LogP contribution in [0.2, 0.25) is 0 Å². The molecule has 3 heteroatoms. The Balaban J connectivity index is 2.30. The monoisotopic (exact) mass is 241 g/mol. The topological polar surface area (TPSA) is 44.0 Å². The third kappa shape index (κ3) is 2.82. The van der Waals surface area contributed by atoms with Crippen LogP contribution in [-0.4, -0.2) is 11.7 Å². The van der Waals surface area contributed by atoms with Gasteiger partial charge in [-0.05, 0) is 40.8 Å². The second kappa shape index (κ2) is 5.44. The van der Waals surface area contributed by atoms with Crippen molar-refractivity contribution in [2.75, 3.05) is 6.61 Å². The maximum absolute atomic E-state index is 9.35. The molecule has 0 aliphatic heterocycles. The number of aliphatic hydroxyl groups excluding tert-OH is 1. The molecule has 0 bridgehead atoms. The molecule has 1 heterocycles. The van der Waals surface area contributed by atoms with Gasteiger partial charge < -0.3 is 5.11 Å². The molecule has 2 aromatic rings. The van der Waals surface area contributed by atoms with E-state index in [9.17, 15) is 5.11 Å². The van der Waals surface area contributed by atoms with Crippen molar-refractivity contribution >= 4 is 23.0 Å². The van der Waals surface area contributed by atoms with Gasteiger partial charge in [0.05, 0.1) is 18.2 Å². The minimum atomic E-state index is 0.0144. The summed E-state index contributed by atoms with van der Waals surface area (Å²) >= 11 is 1.60. The molecule has 0 saturated carbocycles. The van der Waals surface area contributed by atoms with Crippen LogP contribution in [0.5, 0.6) is 0 Å². The molecule has 0 radical (unpaired) electrons. The molecule has 0 saturated heterocycles. The van der Waals surface area contributed by atoms with E-state index < -0.39 is 0 Å². The zero-order valence-electron chi connectivity index (χ0n) is 9.13. The van der Waals surface area contributed by atoms with Crippen LogP contribution in [0.15, 0.2) is 41.8 Å². The first-order chi connectivity index (χ1) is 8.33. The fourth-order valence-electron chi connectivity index (χ4n) is 1.51. The van der Waals surface area contributed by atoms with Gasteiger partial charge in [0.2, 0.25) is 0 Å². The van der Waals surface area contributed by atoms with Crippen molar-refractivity contribution in [3.8, 4) is 6.07 Å². The third-order valence-corrected chi connectivity index (χ3v) is 3.33. The van der Waals surface area contributed by atoms with E-state index in [0.29, 0.717) is 5.56 Å². The number of hydrogen-bond acceptors (Lipinski definition) is 3. The number of aliphatic hydroxyl groups is 1. The highest BCUT2D eigenvalue weighted by Gasteiger charge is 2.01. The Morgan fingerprint density at radius 2 is 2.06 bits per heavy atom. The van der Waals surface area contributed by atoms with Crippen molar-refractivity contribution in [3.63, 3.8) is 0 Å². The molecule has 0 unspecified atom stereocenters. The van der Waals surface area contributed by atoms with E-state index in [-0.39, 0.29) is 6.61 Å². The summed E-state index contributed by atoms with van der Waals surface area (Å²) in [6.45, 7) is 0.0144. The van der Waals surface area contributed by atoms with Crippen LogP contribution in [0.25, 0.3) is 11.6 Å². The number of nitriles is 1. The Labute approximate surface area is 104 Å². The van der Waals surface area contributed by atoms with E-state index in [4.69, 9.17) is 5.26 Å². The lowest BCUT2D eigenvalue weighted by molar-refractivity contribution is 0.351. The summed E-state index contributed by atoms with van der Waals surface area (Å²) in [6, 6.07) is 13.3. The van der Waals surface area contributed by atoms with E-state index in [0.717, 1.165) is 16.0 Å². The quantitative estimate of drug-likeness (QED) is 0.897. The largest absolute Gasteiger partial charge is 0.392 e. The minimum Gasteiger partial charge on any atom is -0.392 e. The first kappa shape index (κ1) is 11.6. The smallest absolute Gasteiger partial charge is 0.0991 e. The van der Waals surface area contributed by atoms with Gasteiger partial charge in [-0.1, -0.05) is 18.2 Å². The summed E-state index contributed by atoms with van der Waals surface area (Å²) in [7, 11) is 0. The van der Waals surface area contributed by atoms with Gasteiger partial charge in [-0.3, -0.25) is 0 Å². The summed E-state index contributed by atoms with van der Waals surface area (Å²) in [5.41, 5.74) is 2.52. The van der Waals surface area contributed by atoms with Crippen LogP contribution in [0.4, 0.5) is 0 Å². The van der Waals surface area contributed by atoms with Crippen molar-refractivity contribution < 1.29 is 5.11 Å². The number of rotatable bonds is 3. The van der Waals surface area contributed by atoms with Crippen molar-refractivity contribution in [2.24, 2.45) is 0 Å². The molecular formula is C14H11NOS. The fraction of sp³-hybridized carbons (Fsp3) is 0.0714. The van der Waals surface area contributed by atoms with Gasteiger partial charge in [0, 0.05) is 4.88 Å².